The Bertz CT molecular complexity index is 1230. The summed E-state index contributed by atoms with van der Waals surface area (Å²) in [5, 5.41) is 4.27. The summed E-state index contributed by atoms with van der Waals surface area (Å²) < 4.78 is 28.8. The lowest BCUT2D eigenvalue weighted by Gasteiger charge is -2.17. The standard InChI is InChI=1S/C22H18FN3O5/c1-13-20-16(10-17(18-4-3-9-29-18)24-21(20)31-25-13)22(28)30-12-19(27)26(2)11-14-5-7-15(23)8-6-14/h3-10H,11-12H2,1-2H3. The van der Waals surface area contributed by atoms with Crippen LogP contribution in [-0.2, 0) is 16.1 Å². The van der Waals surface area contributed by atoms with Crippen molar-refractivity contribution < 1.29 is 27.7 Å². The Morgan fingerprint density at radius 1 is 1.19 bits per heavy atom. The van der Waals surface area contributed by atoms with E-state index in [2.05, 4.69) is 10.1 Å². The maximum atomic E-state index is 13.0. The topological polar surface area (TPSA) is 98.7 Å². The van der Waals surface area contributed by atoms with Gasteiger partial charge in [0.2, 0.25) is 0 Å². The van der Waals surface area contributed by atoms with Gasteiger partial charge in [0.15, 0.2) is 12.4 Å². The molecule has 0 unspecified atom stereocenters. The molecule has 0 N–H and O–H groups in total. The van der Waals surface area contributed by atoms with Crippen LogP contribution in [0.3, 0.4) is 0 Å². The van der Waals surface area contributed by atoms with Crippen molar-refractivity contribution in [2.45, 2.75) is 13.5 Å². The number of carbonyl (C=O) groups is 2. The van der Waals surface area contributed by atoms with E-state index in [9.17, 15) is 14.0 Å². The smallest absolute Gasteiger partial charge is 0.339 e. The number of amides is 1. The normalized spacial score (nSPS) is 10.9. The van der Waals surface area contributed by atoms with Crippen LogP contribution in [0.5, 0.6) is 0 Å². The van der Waals surface area contributed by atoms with Crippen LogP contribution >= 0.6 is 0 Å². The zero-order chi connectivity index (χ0) is 22.0. The number of ether oxygens (including phenoxy) is 1. The van der Waals surface area contributed by atoms with Gasteiger partial charge in [-0.05, 0) is 42.8 Å². The first-order valence-corrected chi connectivity index (χ1v) is 9.39. The number of hydrogen-bond acceptors (Lipinski definition) is 7. The van der Waals surface area contributed by atoms with Crippen molar-refractivity contribution in [3.63, 3.8) is 0 Å². The second-order valence-electron chi connectivity index (χ2n) is 6.93. The molecule has 4 rings (SSSR count). The van der Waals surface area contributed by atoms with Crippen molar-refractivity contribution in [1.29, 1.82) is 0 Å². The zero-order valence-corrected chi connectivity index (χ0v) is 16.8. The van der Waals surface area contributed by atoms with Crippen molar-refractivity contribution in [1.82, 2.24) is 15.0 Å². The van der Waals surface area contributed by atoms with E-state index in [-0.39, 0.29) is 23.6 Å². The summed E-state index contributed by atoms with van der Waals surface area (Å²) in [5.41, 5.74) is 1.94. The predicted molar refractivity (Wildman–Crippen MR) is 107 cm³/mol. The molecule has 3 heterocycles. The number of likely N-dealkylation sites (N-methyl/N-ethyl adjacent to an activating group) is 1. The summed E-state index contributed by atoms with van der Waals surface area (Å²) in [6.45, 7) is 1.48. The summed E-state index contributed by atoms with van der Waals surface area (Å²) in [6, 6.07) is 10.7. The van der Waals surface area contributed by atoms with Gasteiger partial charge >= 0.3 is 5.97 Å². The Hall–Kier alpha value is -4.01. The molecule has 8 nitrogen and oxygen atoms in total. The highest BCUT2D eigenvalue weighted by Gasteiger charge is 2.22. The molecule has 0 fully saturated rings. The van der Waals surface area contributed by atoms with E-state index in [0.29, 0.717) is 22.5 Å². The molecule has 158 valence electrons. The van der Waals surface area contributed by atoms with Crippen molar-refractivity contribution >= 4 is 23.0 Å². The van der Waals surface area contributed by atoms with Crippen molar-refractivity contribution in [2.75, 3.05) is 13.7 Å². The number of aryl methyl sites for hydroxylation is 1. The molecule has 0 saturated heterocycles. The van der Waals surface area contributed by atoms with E-state index in [1.807, 2.05) is 0 Å². The van der Waals surface area contributed by atoms with Crippen LogP contribution in [-0.4, -0.2) is 40.6 Å². The SMILES string of the molecule is Cc1noc2nc(-c3ccco3)cc(C(=O)OCC(=O)N(C)Cc3ccc(F)cc3)c12. The quantitative estimate of drug-likeness (QED) is 0.436. The molecule has 0 radical (unpaired) electrons. The predicted octanol–water partition coefficient (Wildman–Crippen LogP) is 3.75. The van der Waals surface area contributed by atoms with Crippen LogP contribution in [0.4, 0.5) is 4.39 Å². The molecule has 4 aromatic rings. The van der Waals surface area contributed by atoms with Gasteiger partial charge in [-0.2, -0.15) is 0 Å². The Kier molecular flexibility index (Phi) is 5.48. The fourth-order valence-electron chi connectivity index (χ4n) is 3.07. The number of esters is 1. The summed E-state index contributed by atoms with van der Waals surface area (Å²) in [6.07, 6.45) is 1.49. The maximum Gasteiger partial charge on any atom is 0.339 e. The Morgan fingerprint density at radius 2 is 1.97 bits per heavy atom. The van der Waals surface area contributed by atoms with Crippen LogP contribution < -0.4 is 0 Å². The Morgan fingerprint density at radius 3 is 2.68 bits per heavy atom. The number of pyridine rings is 1. The van der Waals surface area contributed by atoms with Crippen molar-refractivity contribution in [3.05, 3.63) is 71.4 Å². The van der Waals surface area contributed by atoms with Gasteiger partial charge in [-0.25, -0.2) is 14.2 Å². The fraction of sp³-hybridized carbons (Fsp3) is 0.182. The van der Waals surface area contributed by atoms with Gasteiger partial charge in [-0.3, -0.25) is 4.79 Å². The third-order valence-electron chi connectivity index (χ3n) is 4.70. The van der Waals surface area contributed by atoms with E-state index in [0.717, 1.165) is 5.56 Å². The number of aromatic nitrogens is 2. The molecule has 3 aromatic heterocycles. The molecule has 0 atom stereocenters. The summed E-state index contributed by atoms with van der Waals surface area (Å²) in [7, 11) is 1.57. The van der Waals surface area contributed by atoms with Crippen LogP contribution in [0.2, 0.25) is 0 Å². The first-order chi connectivity index (χ1) is 14.9. The number of nitrogens with zero attached hydrogens (tertiary/aromatic N) is 3. The minimum atomic E-state index is -0.713. The van der Waals surface area contributed by atoms with E-state index in [4.69, 9.17) is 13.7 Å². The van der Waals surface area contributed by atoms with E-state index >= 15 is 0 Å². The summed E-state index contributed by atoms with van der Waals surface area (Å²) >= 11 is 0. The second kappa shape index (κ2) is 8.39. The molecule has 0 spiro atoms. The molecular weight excluding hydrogens is 405 g/mol. The molecule has 9 heteroatoms. The molecule has 0 aliphatic rings. The van der Waals surface area contributed by atoms with E-state index < -0.39 is 18.5 Å². The van der Waals surface area contributed by atoms with E-state index in [1.165, 1.54) is 29.4 Å². The van der Waals surface area contributed by atoms with Gasteiger partial charge in [-0.1, -0.05) is 17.3 Å². The molecular formula is C22H18FN3O5. The molecule has 0 saturated carbocycles. The molecule has 0 aliphatic heterocycles. The molecule has 0 aliphatic carbocycles. The van der Waals surface area contributed by atoms with Gasteiger partial charge in [0.05, 0.1) is 22.9 Å². The summed E-state index contributed by atoms with van der Waals surface area (Å²) in [5.74, 6) is -1.03. The zero-order valence-electron chi connectivity index (χ0n) is 16.8. The third kappa shape index (κ3) is 4.30. The van der Waals surface area contributed by atoms with Gasteiger partial charge in [-0.15, -0.1) is 0 Å². The number of carbonyl (C=O) groups excluding carboxylic acids is 2. The molecule has 0 bridgehead atoms. The lowest BCUT2D eigenvalue weighted by Crippen LogP contribution is -2.30. The van der Waals surface area contributed by atoms with E-state index in [1.54, 1.807) is 38.2 Å². The first-order valence-electron chi connectivity index (χ1n) is 9.39. The van der Waals surface area contributed by atoms with Crippen LogP contribution in [0.25, 0.3) is 22.6 Å². The highest BCUT2D eigenvalue weighted by Crippen LogP contribution is 2.27. The Balaban J connectivity index is 1.49. The van der Waals surface area contributed by atoms with Gasteiger partial charge in [0.25, 0.3) is 11.6 Å². The van der Waals surface area contributed by atoms with Gasteiger partial charge in [0.1, 0.15) is 11.5 Å². The number of hydrogen-bond donors (Lipinski definition) is 0. The lowest BCUT2D eigenvalue weighted by atomic mass is 10.1. The Labute approximate surface area is 176 Å². The average molecular weight is 423 g/mol. The highest BCUT2D eigenvalue weighted by atomic mass is 19.1. The van der Waals surface area contributed by atoms with Gasteiger partial charge in [0, 0.05) is 13.6 Å². The highest BCUT2D eigenvalue weighted by molar-refractivity contribution is 6.04. The number of furan rings is 1. The second-order valence-corrected chi connectivity index (χ2v) is 6.93. The molecule has 31 heavy (non-hydrogen) atoms. The van der Waals surface area contributed by atoms with Crippen LogP contribution in [0.1, 0.15) is 21.6 Å². The number of benzene rings is 1. The monoisotopic (exact) mass is 423 g/mol. The molecule has 1 aromatic carbocycles. The average Bonchev–Trinajstić information content (AvgIpc) is 3.43. The van der Waals surface area contributed by atoms with Crippen molar-refractivity contribution in [3.8, 4) is 11.5 Å². The van der Waals surface area contributed by atoms with Gasteiger partial charge < -0.3 is 18.6 Å². The maximum absolute atomic E-state index is 13.0. The third-order valence-corrected chi connectivity index (χ3v) is 4.70. The minimum absolute atomic E-state index is 0.165. The molecule has 1 amide bonds. The lowest BCUT2D eigenvalue weighted by molar-refractivity contribution is -0.133. The number of halogens is 1. The largest absolute Gasteiger partial charge is 0.463 e. The fourth-order valence-corrected chi connectivity index (χ4v) is 3.07. The minimum Gasteiger partial charge on any atom is -0.463 e. The number of rotatable bonds is 6. The first kappa shape index (κ1) is 20.3. The van der Waals surface area contributed by atoms with Crippen molar-refractivity contribution in [2.24, 2.45) is 0 Å². The summed E-state index contributed by atoms with van der Waals surface area (Å²) in [4.78, 5) is 30.9. The van der Waals surface area contributed by atoms with Crippen LogP contribution in [0, 0.1) is 12.7 Å². The van der Waals surface area contributed by atoms with Crippen LogP contribution in [0.15, 0.2) is 57.7 Å². The number of fused-ring (bicyclic) bond motifs is 1.